The lowest BCUT2D eigenvalue weighted by Gasteiger charge is -2.14. The van der Waals surface area contributed by atoms with Crippen LogP contribution < -0.4 is 5.32 Å². The number of nitrogens with zero attached hydrogens (tertiary/aromatic N) is 4. The van der Waals surface area contributed by atoms with E-state index in [-0.39, 0.29) is 22.0 Å². The first-order valence-electron chi connectivity index (χ1n) is 9.11. The van der Waals surface area contributed by atoms with Crippen molar-refractivity contribution in [2.24, 2.45) is 0 Å². The standard InChI is InChI=1S/C20H18ClN5O5/c1-11-8-12(2)25(24-11)18-7-4-14(10-22-18)20(28)31-13(3)19(27)23-17-6-5-15(26(29)30)9-16(17)21/h4-10,13H,1-3H3,(H,23,27). The molecule has 2 heterocycles. The number of hydrogen-bond acceptors (Lipinski definition) is 7. The van der Waals surface area contributed by atoms with E-state index in [9.17, 15) is 19.7 Å². The number of hydrogen-bond donors (Lipinski definition) is 1. The summed E-state index contributed by atoms with van der Waals surface area (Å²) in [5, 5.41) is 17.6. The fourth-order valence-electron chi connectivity index (χ4n) is 2.73. The van der Waals surface area contributed by atoms with Crippen LogP contribution in [0.3, 0.4) is 0 Å². The predicted octanol–water partition coefficient (Wildman–Crippen LogP) is 3.63. The quantitative estimate of drug-likeness (QED) is 0.349. The molecule has 3 aromatic rings. The maximum absolute atomic E-state index is 12.4. The molecule has 3 rings (SSSR count). The number of amides is 1. The number of ether oxygens (including phenoxy) is 1. The molecule has 0 bridgehead atoms. The van der Waals surface area contributed by atoms with Gasteiger partial charge in [0.2, 0.25) is 0 Å². The molecule has 0 fully saturated rings. The molecule has 1 N–H and O–H groups in total. The Morgan fingerprint density at radius 3 is 2.52 bits per heavy atom. The summed E-state index contributed by atoms with van der Waals surface area (Å²) in [5.41, 5.74) is 1.86. The number of aromatic nitrogens is 3. The molecule has 1 unspecified atom stereocenters. The number of carbonyl (C=O) groups excluding carboxylic acids is 2. The summed E-state index contributed by atoms with van der Waals surface area (Å²) in [5.74, 6) is -0.832. The zero-order valence-electron chi connectivity index (χ0n) is 16.8. The summed E-state index contributed by atoms with van der Waals surface area (Å²) in [6, 6.07) is 8.67. The Balaban J connectivity index is 1.64. The second kappa shape index (κ2) is 8.92. The number of pyridine rings is 1. The number of aryl methyl sites for hydroxylation is 2. The van der Waals surface area contributed by atoms with Crippen molar-refractivity contribution in [3.63, 3.8) is 0 Å². The van der Waals surface area contributed by atoms with Crippen molar-refractivity contribution in [2.45, 2.75) is 26.9 Å². The van der Waals surface area contributed by atoms with Crippen LogP contribution in [-0.2, 0) is 9.53 Å². The second-order valence-electron chi connectivity index (χ2n) is 6.70. The number of anilines is 1. The van der Waals surface area contributed by atoms with Gasteiger partial charge in [0.15, 0.2) is 11.9 Å². The van der Waals surface area contributed by atoms with E-state index in [1.54, 1.807) is 10.7 Å². The number of esters is 1. The number of halogens is 1. The number of rotatable bonds is 6. The van der Waals surface area contributed by atoms with Crippen molar-refractivity contribution in [2.75, 3.05) is 5.32 Å². The van der Waals surface area contributed by atoms with Crippen LogP contribution in [0.2, 0.25) is 5.02 Å². The average Bonchev–Trinajstić information content (AvgIpc) is 3.07. The third-order valence-electron chi connectivity index (χ3n) is 4.28. The molecule has 10 nitrogen and oxygen atoms in total. The molecule has 0 radical (unpaired) electrons. The average molecular weight is 444 g/mol. The van der Waals surface area contributed by atoms with Gasteiger partial charge >= 0.3 is 5.97 Å². The first-order valence-corrected chi connectivity index (χ1v) is 9.49. The van der Waals surface area contributed by atoms with E-state index in [0.717, 1.165) is 17.5 Å². The fourth-order valence-corrected chi connectivity index (χ4v) is 2.95. The Morgan fingerprint density at radius 1 is 1.23 bits per heavy atom. The number of nitro groups is 1. The molecule has 2 aromatic heterocycles. The molecular weight excluding hydrogens is 426 g/mol. The van der Waals surface area contributed by atoms with Crippen LogP contribution in [0.15, 0.2) is 42.6 Å². The summed E-state index contributed by atoms with van der Waals surface area (Å²) in [6.45, 7) is 5.15. The summed E-state index contributed by atoms with van der Waals surface area (Å²) in [7, 11) is 0. The Hall–Kier alpha value is -3.79. The predicted molar refractivity (Wildman–Crippen MR) is 112 cm³/mol. The van der Waals surface area contributed by atoms with Crippen LogP contribution in [0, 0.1) is 24.0 Å². The van der Waals surface area contributed by atoms with Gasteiger partial charge in [0.05, 0.1) is 26.9 Å². The summed E-state index contributed by atoms with van der Waals surface area (Å²) < 4.78 is 6.83. The number of nitro benzene ring substituents is 1. The van der Waals surface area contributed by atoms with Crippen molar-refractivity contribution in [3.05, 3.63) is 74.7 Å². The van der Waals surface area contributed by atoms with E-state index < -0.39 is 22.9 Å². The monoisotopic (exact) mass is 443 g/mol. The van der Waals surface area contributed by atoms with E-state index in [1.165, 1.54) is 31.3 Å². The highest BCUT2D eigenvalue weighted by Crippen LogP contribution is 2.26. The van der Waals surface area contributed by atoms with Crippen LogP contribution in [-0.4, -0.2) is 37.7 Å². The molecule has 160 valence electrons. The van der Waals surface area contributed by atoms with Gasteiger partial charge in [0.1, 0.15) is 0 Å². The lowest BCUT2D eigenvalue weighted by molar-refractivity contribution is -0.384. The molecule has 0 saturated carbocycles. The lowest BCUT2D eigenvalue weighted by atomic mass is 10.2. The fraction of sp³-hybridized carbons (Fsp3) is 0.200. The maximum Gasteiger partial charge on any atom is 0.340 e. The Bertz CT molecular complexity index is 1160. The largest absolute Gasteiger partial charge is 0.449 e. The highest BCUT2D eigenvalue weighted by atomic mass is 35.5. The number of nitrogens with one attached hydrogen (secondary N) is 1. The molecule has 0 aliphatic rings. The minimum Gasteiger partial charge on any atom is -0.449 e. The minimum atomic E-state index is -1.14. The molecule has 0 spiro atoms. The Morgan fingerprint density at radius 2 is 1.97 bits per heavy atom. The van der Waals surface area contributed by atoms with Crippen molar-refractivity contribution in [1.29, 1.82) is 0 Å². The van der Waals surface area contributed by atoms with E-state index in [0.29, 0.717) is 5.82 Å². The molecule has 1 atom stereocenters. The topological polar surface area (TPSA) is 129 Å². The minimum absolute atomic E-state index is 0.00924. The van der Waals surface area contributed by atoms with Crippen molar-refractivity contribution in [3.8, 4) is 5.82 Å². The van der Waals surface area contributed by atoms with E-state index >= 15 is 0 Å². The molecule has 0 aliphatic carbocycles. The lowest BCUT2D eigenvalue weighted by Crippen LogP contribution is -2.30. The first kappa shape index (κ1) is 21.9. The van der Waals surface area contributed by atoms with E-state index in [1.807, 2.05) is 19.9 Å². The van der Waals surface area contributed by atoms with Gasteiger partial charge < -0.3 is 10.1 Å². The zero-order valence-corrected chi connectivity index (χ0v) is 17.6. The molecule has 11 heteroatoms. The highest BCUT2D eigenvalue weighted by molar-refractivity contribution is 6.34. The van der Waals surface area contributed by atoms with Gasteiger partial charge in [-0.3, -0.25) is 14.9 Å². The third kappa shape index (κ3) is 5.04. The molecule has 1 aromatic carbocycles. The van der Waals surface area contributed by atoms with Gasteiger partial charge in [-0.25, -0.2) is 14.5 Å². The van der Waals surface area contributed by atoms with Gasteiger partial charge in [0, 0.05) is 24.0 Å². The molecule has 0 aliphatic heterocycles. The third-order valence-corrected chi connectivity index (χ3v) is 4.60. The van der Waals surface area contributed by atoms with Gasteiger partial charge in [0.25, 0.3) is 11.6 Å². The van der Waals surface area contributed by atoms with Crippen LogP contribution in [0.25, 0.3) is 5.82 Å². The Kier molecular flexibility index (Phi) is 6.30. The van der Waals surface area contributed by atoms with Crippen LogP contribution in [0.4, 0.5) is 11.4 Å². The van der Waals surface area contributed by atoms with Crippen molar-refractivity contribution < 1.29 is 19.2 Å². The SMILES string of the molecule is Cc1cc(C)n(-c2ccc(C(=O)OC(C)C(=O)Nc3ccc([N+](=O)[O-])cc3Cl)cn2)n1. The Labute approximate surface area is 182 Å². The van der Waals surface area contributed by atoms with E-state index in [4.69, 9.17) is 16.3 Å². The van der Waals surface area contributed by atoms with Crippen LogP contribution in [0.5, 0.6) is 0 Å². The summed E-state index contributed by atoms with van der Waals surface area (Å²) in [6.07, 6.45) is 0.195. The van der Waals surface area contributed by atoms with Crippen LogP contribution in [0.1, 0.15) is 28.7 Å². The normalized spacial score (nSPS) is 11.6. The van der Waals surface area contributed by atoms with Crippen molar-refractivity contribution >= 4 is 34.9 Å². The molecule has 31 heavy (non-hydrogen) atoms. The van der Waals surface area contributed by atoms with Gasteiger partial charge in [-0.1, -0.05) is 11.6 Å². The summed E-state index contributed by atoms with van der Waals surface area (Å²) in [4.78, 5) is 39.1. The number of carbonyl (C=O) groups is 2. The van der Waals surface area contributed by atoms with Gasteiger partial charge in [-0.15, -0.1) is 0 Å². The van der Waals surface area contributed by atoms with Gasteiger partial charge in [-0.2, -0.15) is 5.10 Å². The summed E-state index contributed by atoms with van der Waals surface area (Å²) >= 11 is 5.96. The number of non-ortho nitro benzene ring substituents is 1. The van der Waals surface area contributed by atoms with Crippen molar-refractivity contribution in [1.82, 2.24) is 14.8 Å². The zero-order chi connectivity index (χ0) is 22.7. The van der Waals surface area contributed by atoms with Crippen LogP contribution >= 0.6 is 11.6 Å². The van der Waals surface area contributed by atoms with E-state index in [2.05, 4.69) is 15.4 Å². The van der Waals surface area contributed by atoms with Gasteiger partial charge in [-0.05, 0) is 45.0 Å². The smallest absolute Gasteiger partial charge is 0.340 e. The molecular formula is C20H18ClN5O5. The second-order valence-corrected chi connectivity index (χ2v) is 7.11. The molecule has 0 saturated heterocycles. The number of benzene rings is 1. The molecule has 1 amide bonds. The maximum atomic E-state index is 12.4. The highest BCUT2D eigenvalue weighted by Gasteiger charge is 2.21. The first-order chi connectivity index (χ1) is 14.7.